The van der Waals surface area contributed by atoms with Crippen LogP contribution in [0.3, 0.4) is 0 Å². The van der Waals surface area contributed by atoms with Crippen LogP contribution in [0.25, 0.3) is 6.08 Å². The van der Waals surface area contributed by atoms with Crippen molar-refractivity contribution in [2.45, 2.75) is 64.8 Å². The molecule has 2 N–H and O–H groups in total. The van der Waals surface area contributed by atoms with Gasteiger partial charge in [-0.2, -0.15) is 0 Å². The molecule has 8 nitrogen and oxygen atoms in total. The molecule has 0 radical (unpaired) electrons. The van der Waals surface area contributed by atoms with Crippen molar-refractivity contribution in [1.82, 2.24) is 4.90 Å². The summed E-state index contributed by atoms with van der Waals surface area (Å²) in [5.74, 6) is -0.140. The van der Waals surface area contributed by atoms with E-state index in [9.17, 15) is 19.7 Å². The Hall–Kier alpha value is -2.83. The van der Waals surface area contributed by atoms with E-state index in [2.05, 4.69) is 35.6 Å². The van der Waals surface area contributed by atoms with Crippen molar-refractivity contribution in [3.63, 3.8) is 0 Å². The fourth-order valence-corrected chi connectivity index (χ4v) is 7.69. The molecule has 10 heteroatoms. The molecular weight excluding hydrogens is 672 g/mol. The first-order valence-electron chi connectivity index (χ1n) is 15.6. The molecular formula is C34H41BINO7. The maximum absolute atomic E-state index is 13.6. The molecule has 0 spiro atoms. The van der Waals surface area contributed by atoms with Crippen LogP contribution in [-0.2, 0) is 14.2 Å². The van der Waals surface area contributed by atoms with E-state index >= 15 is 0 Å². The lowest BCUT2D eigenvalue weighted by Gasteiger charge is -2.43. The van der Waals surface area contributed by atoms with Gasteiger partial charge in [0.1, 0.15) is 12.4 Å². The van der Waals surface area contributed by atoms with E-state index in [0.29, 0.717) is 41.7 Å². The van der Waals surface area contributed by atoms with E-state index in [0.717, 1.165) is 41.7 Å². The SMILES string of the molecule is CCC/C(=C\c1cc(I)c(O)c(OC)c1)CC[C@H]1OB(O)C[C@H]2C1=C(COc1ccccc1)C[C@H]1C(=O)N(CCC)C(=O)[C@H]12. The minimum Gasteiger partial charge on any atom is -0.504 e. The Morgan fingerprint density at radius 2 is 1.89 bits per heavy atom. The summed E-state index contributed by atoms with van der Waals surface area (Å²) in [6, 6.07) is 13.3. The Balaban J connectivity index is 1.46. The number of halogens is 1. The molecule has 1 aliphatic carbocycles. The first kappa shape index (κ1) is 32.6. The first-order valence-corrected chi connectivity index (χ1v) is 16.7. The van der Waals surface area contributed by atoms with Gasteiger partial charge in [0.15, 0.2) is 11.5 Å². The molecule has 2 saturated heterocycles. The fraction of sp³-hybridized carbons (Fsp3) is 0.471. The van der Waals surface area contributed by atoms with Gasteiger partial charge in [-0.3, -0.25) is 14.5 Å². The van der Waals surface area contributed by atoms with Crippen LogP contribution in [0.2, 0.25) is 6.32 Å². The molecule has 44 heavy (non-hydrogen) atoms. The molecule has 2 fully saturated rings. The second-order valence-electron chi connectivity index (χ2n) is 11.9. The van der Waals surface area contributed by atoms with E-state index in [4.69, 9.17) is 14.1 Å². The molecule has 0 saturated carbocycles. The van der Waals surface area contributed by atoms with Crippen LogP contribution in [0.4, 0.5) is 0 Å². The number of benzene rings is 2. The predicted octanol–water partition coefficient (Wildman–Crippen LogP) is 6.26. The van der Waals surface area contributed by atoms with Gasteiger partial charge in [0.25, 0.3) is 0 Å². The number of likely N-dealkylation sites (tertiary alicyclic amines) is 1. The number of phenols is 1. The standard InChI is InChI=1S/C34H41BINO7/c1-4-9-21(15-22-16-27(36)32(38)29(17-22)42-3)12-13-28-30-23(20-43-24-10-7-6-8-11-24)18-25-31(26(30)19-35(41)44-28)34(40)37(14-5-2)33(25)39/h6-8,10-11,15-17,25-26,28,31,38,41H,4-5,9,12-14,18-20H2,1-3H3/b21-15+/t25-,26+,28-,31-/m1/s1. The molecule has 2 aromatic carbocycles. The van der Waals surface area contributed by atoms with Gasteiger partial charge >= 0.3 is 7.12 Å². The summed E-state index contributed by atoms with van der Waals surface area (Å²) >= 11 is 2.10. The van der Waals surface area contributed by atoms with Gasteiger partial charge in [-0.15, -0.1) is 0 Å². The predicted molar refractivity (Wildman–Crippen MR) is 178 cm³/mol. The van der Waals surface area contributed by atoms with Crippen LogP contribution in [0.5, 0.6) is 17.2 Å². The number of nitrogens with zero attached hydrogens (tertiary/aromatic N) is 1. The van der Waals surface area contributed by atoms with Crippen molar-refractivity contribution >= 4 is 47.6 Å². The van der Waals surface area contributed by atoms with E-state index in [-0.39, 0.29) is 29.8 Å². The minimum absolute atomic E-state index is 0.109. The number of ether oxygens (including phenoxy) is 2. The van der Waals surface area contributed by atoms with Crippen molar-refractivity contribution in [1.29, 1.82) is 0 Å². The number of methoxy groups -OCH3 is 1. The van der Waals surface area contributed by atoms with Gasteiger partial charge in [0, 0.05) is 6.54 Å². The molecule has 2 heterocycles. The Bertz CT molecular complexity index is 1430. The zero-order valence-electron chi connectivity index (χ0n) is 25.6. The van der Waals surface area contributed by atoms with E-state index in [1.54, 1.807) is 7.11 Å². The van der Waals surface area contributed by atoms with Crippen molar-refractivity contribution in [2.75, 3.05) is 20.3 Å². The summed E-state index contributed by atoms with van der Waals surface area (Å²) in [5, 5.41) is 21.2. The molecule has 4 atom stereocenters. The third-order valence-electron chi connectivity index (χ3n) is 8.94. The number of rotatable bonds is 12. The lowest BCUT2D eigenvalue weighted by molar-refractivity contribution is -0.140. The lowest BCUT2D eigenvalue weighted by Crippen LogP contribution is -2.46. The highest BCUT2D eigenvalue weighted by Gasteiger charge is 2.57. The van der Waals surface area contributed by atoms with Gasteiger partial charge in [0.05, 0.1) is 28.6 Å². The Kier molecular flexibility index (Phi) is 10.7. The Labute approximate surface area is 273 Å². The third kappa shape index (κ3) is 6.87. The number of amides is 2. The summed E-state index contributed by atoms with van der Waals surface area (Å²) in [4.78, 5) is 28.5. The number of imide groups is 1. The Morgan fingerprint density at radius 1 is 1.11 bits per heavy atom. The van der Waals surface area contributed by atoms with Crippen molar-refractivity contribution in [3.05, 3.63) is 68.3 Å². The van der Waals surface area contributed by atoms with Crippen molar-refractivity contribution in [2.24, 2.45) is 17.8 Å². The van der Waals surface area contributed by atoms with Crippen molar-refractivity contribution in [3.8, 4) is 17.2 Å². The van der Waals surface area contributed by atoms with Gasteiger partial charge in [0.2, 0.25) is 11.8 Å². The van der Waals surface area contributed by atoms with Gasteiger partial charge < -0.3 is 24.3 Å². The zero-order chi connectivity index (χ0) is 31.4. The number of aromatic hydroxyl groups is 1. The molecule has 0 unspecified atom stereocenters. The summed E-state index contributed by atoms with van der Waals surface area (Å²) in [6.45, 7) is 4.82. The monoisotopic (exact) mass is 713 g/mol. The van der Waals surface area contributed by atoms with E-state index in [1.807, 2.05) is 49.4 Å². The number of fused-ring (bicyclic) bond motifs is 3. The Morgan fingerprint density at radius 3 is 2.59 bits per heavy atom. The maximum Gasteiger partial charge on any atom is 0.455 e. The average Bonchev–Trinajstić information content (AvgIpc) is 3.25. The summed E-state index contributed by atoms with van der Waals surface area (Å²) in [6.07, 6.45) is 6.35. The second kappa shape index (κ2) is 14.5. The van der Waals surface area contributed by atoms with Gasteiger partial charge in [-0.25, -0.2) is 0 Å². The van der Waals surface area contributed by atoms with Crippen LogP contribution in [0.15, 0.2) is 59.2 Å². The second-order valence-corrected chi connectivity index (χ2v) is 13.1. The fourth-order valence-electron chi connectivity index (χ4n) is 7.07. The van der Waals surface area contributed by atoms with Crippen LogP contribution >= 0.6 is 22.6 Å². The number of phenolic OH excluding ortho intramolecular Hbond substituents is 1. The number of allylic oxidation sites excluding steroid dienone is 1. The van der Waals surface area contributed by atoms with Crippen LogP contribution in [0, 0.1) is 21.3 Å². The number of carbonyl (C=O) groups is 2. The highest BCUT2D eigenvalue weighted by Crippen LogP contribution is 2.50. The van der Waals surface area contributed by atoms with Crippen molar-refractivity contribution < 1.29 is 33.8 Å². The number of hydrogen-bond donors (Lipinski definition) is 2. The summed E-state index contributed by atoms with van der Waals surface area (Å²) in [5.41, 5.74) is 4.17. The quantitative estimate of drug-likeness (QED) is 0.116. The van der Waals surface area contributed by atoms with Crippen LogP contribution in [0.1, 0.15) is 57.9 Å². The number of carbonyl (C=O) groups excluding carboxylic acids is 2. The highest BCUT2D eigenvalue weighted by molar-refractivity contribution is 14.1. The first-order chi connectivity index (χ1) is 21.2. The molecule has 5 rings (SSSR count). The zero-order valence-corrected chi connectivity index (χ0v) is 27.8. The van der Waals surface area contributed by atoms with E-state index in [1.165, 1.54) is 10.5 Å². The topological polar surface area (TPSA) is 106 Å². The van der Waals surface area contributed by atoms with Gasteiger partial charge in [-0.05, 0) is 108 Å². The number of para-hydroxylation sites is 1. The normalized spacial score (nSPS) is 23.6. The molecule has 0 aromatic heterocycles. The van der Waals surface area contributed by atoms with Crippen LogP contribution < -0.4 is 9.47 Å². The van der Waals surface area contributed by atoms with E-state index < -0.39 is 25.1 Å². The molecule has 234 valence electrons. The maximum atomic E-state index is 13.6. The molecule has 2 aromatic rings. The number of hydrogen-bond acceptors (Lipinski definition) is 7. The molecule has 0 bridgehead atoms. The van der Waals surface area contributed by atoms with Crippen LogP contribution in [-0.4, -0.2) is 60.3 Å². The highest BCUT2D eigenvalue weighted by atomic mass is 127. The molecule has 2 amide bonds. The molecule has 2 aliphatic heterocycles. The molecule has 3 aliphatic rings. The average molecular weight is 713 g/mol. The third-order valence-corrected chi connectivity index (χ3v) is 9.77. The summed E-state index contributed by atoms with van der Waals surface area (Å²) < 4.78 is 18.5. The smallest absolute Gasteiger partial charge is 0.455 e. The minimum atomic E-state index is -1.02. The lowest BCUT2D eigenvalue weighted by atomic mass is 9.58. The summed E-state index contributed by atoms with van der Waals surface area (Å²) in [7, 11) is 0.521. The van der Waals surface area contributed by atoms with Gasteiger partial charge in [-0.1, -0.05) is 50.1 Å². The largest absolute Gasteiger partial charge is 0.504 e.